The summed E-state index contributed by atoms with van der Waals surface area (Å²) in [6.45, 7) is 0. The van der Waals surface area contributed by atoms with Gasteiger partial charge in [-0.2, -0.15) is 0 Å². The maximum Gasteiger partial charge on any atom is 0.328 e. The predicted octanol–water partition coefficient (Wildman–Crippen LogP) is 1.21. The number of aliphatic hydroxyl groups is 1. The zero-order valence-corrected chi connectivity index (χ0v) is 11.7. The molecule has 0 unspecified atom stereocenters. The third-order valence-electron chi connectivity index (χ3n) is 4.44. The van der Waals surface area contributed by atoms with E-state index < -0.39 is 5.60 Å². The van der Waals surface area contributed by atoms with Gasteiger partial charge in [0.05, 0.1) is 16.6 Å². The monoisotopic (exact) mass is 274 g/mol. The highest BCUT2D eigenvalue weighted by Gasteiger charge is 2.34. The van der Waals surface area contributed by atoms with E-state index in [1.54, 1.807) is 23.2 Å². The molecule has 0 aliphatic heterocycles. The average molecular weight is 274 g/mol. The molecule has 0 atom stereocenters. The normalized spacial score (nSPS) is 18.6. The molecule has 1 saturated carbocycles. The second-order valence-electron chi connectivity index (χ2n) is 5.67. The van der Waals surface area contributed by atoms with Crippen molar-refractivity contribution in [1.82, 2.24) is 9.13 Å². The molecule has 1 aromatic heterocycles. The number of carbonyl (C=O) groups is 1. The van der Waals surface area contributed by atoms with Crippen LogP contribution in [0.4, 0.5) is 0 Å². The fourth-order valence-corrected chi connectivity index (χ4v) is 3.03. The molecule has 1 heterocycles. The van der Waals surface area contributed by atoms with Gasteiger partial charge in [-0.15, -0.1) is 0 Å². The number of hydrogen-bond acceptors (Lipinski definition) is 3. The standard InChI is InChI=1S/C15H18N2O3/c1-16-12-4-3-10(9-13(12)17(2)14(16)19)15(20)7-5-11(18)6-8-15/h3-4,9,20H,5-8H2,1-2H3. The highest BCUT2D eigenvalue weighted by Crippen LogP contribution is 2.36. The van der Waals surface area contributed by atoms with E-state index >= 15 is 0 Å². The van der Waals surface area contributed by atoms with Crippen LogP contribution in [0.5, 0.6) is 0 Å². The third-order valence-corrected chi connectivity index (χ3v) is 4.44. The van der Waals surface area contributed by atoms with Crippen LogP contribution in [0.25, 0.3) is 11.0 Å². The molecule has 1 aromatic carbocycles. The summed E-state index contributed by atoms with van der Waals surface area (Å²) in [5.74, 6) is 0.211. The number of nitrogens with zero attached hydrogens (tertiary/aromatic N) is 2. The fourth-order valence-electron chi connectivity index (χ4n) is 3.03. The average Bonchev–Trinajstić information content (AvgIpc) is 2.67. The molecule has 1 N–H and O–H groups in total. The summed E-state index contributed by atoms with van der Waals surface area (Å²) in [6.07, 6.45) is 1.75. The van der Waals surface area contributed by atoms with Gasteiger partial charge >= 0.3 is 5.69 Å². The number of ketones is 1. The summed E-state index contributed by atoms with van der Waals surface area (Å²) in [5.41, 5.74) is 1.41. The Balaban J connectivity index is 2.12. The van der Waals surface area contributed by atoms with E-state index in [2.05, 4.69) is 0 Å². The zero-order chi connectivity index (χ0) is 14.5. The van der Waals surface area contributed by atoms with Gasteiger partial charge in [-0.05, 0) is 30.5 Å². The first-order chi connectivity index (χ1) is 9.42. The molecule has 0 bridgehead atoms. The van der Waals surface area contributed by atoms with Gasteiger partial charge in [0, 0.05) is 26.9 Å². The van der Waals surface area contributed by atoms with Crippen molar-refractivity contribution in [2.75, 3.05) is 0 Å². The number of rotatable bonds is 1. The second kappa shape index (κ2) is 4.31. The van der Waals surface area contributed by atoms with Crippen molar-refractivity contribution in [3.8, 4) is 0 Å². The number of fused-ring (bicyclic) bond motifs is 1. The van der Waals surface area contributed by atoms with Crippen molar-refractivity contribution in [2.45, 2.75) is 31.3 Å². The third kappa shape index (κ3) is 1.81. The molecule has 3 rings (SSSR count). The Kier molecular flexibility index (Phi) is 2.83. The van der Waals surface area contributed by atoms with Crippen LogP contribution in [0.15, 0.2) is 23.0 Å². The lowest BCUT2D eigenvalue weighted by Crippen LogP contribution is -2.31. The van der Waals surface area contributed by atoms with E-state index in [1.165, 1.54) is 0 Å². The summed E-state index contributed by atoms with van der Waals surface area (Å²) < 4.78 is 3.17. The van der Waals surface area contributed by atoms with Gasteiger partial charge in [0.1, 0.15) is 5.78 Å². The Morgan fingerprint density at radius 3 is 2.30 bits per heavy atom. The van der Waals surface area contributed by atoms with Crippen LogP contribution in [0.3, 0.4) is 0 Å². The van der Waals surface area contributed by atoms with E-state index in [4.69, 9.17) is 0 Å². The molecule has 20 heavy (non-hydrogen) atoms. The fraction of sp³-hybridized carbons (Fsp3) is 0.467. The van der Waals surface area contributed by atoms with Gasteiger partial charge in [0.15, 0.2) is 0 Å². The summed E-state index contributed by atoms with van der Waals surface area (Å²) in [5, 5.41) is 10.7. The van der Waals surface area contributed by atoms with E-state index in [1.807, 2.05) is 18.2 Å². The van der Waals surface area contributed by atoms with Crippen LogP contribution < -0.4 is 5.69 Å². The van der Waals surface area contributed by atoms with Gasteiger partial charge in [-0.3, -0.25) is 13.9 Å². The molecule has 5 nitrogen and oxygen atoms in total. The van der Waals surface area contributed by atoms with E-state index in [0.29, 0.717) is 25.7 Å². The zero-order valence-electron chi connectivity index (χ0n) is 11.7. The van der Waals surface area contributed by atoms with Crippen LogP contribution in [0, 0.1) is 0 Å². The van der Waals surface area contributed by atoms with Crippen LogP contribution in [-0.2, 0) is 24.5 Å². The molecular formula is C15H18N2O3. The number of carbonyl (C=O) groups excluding carboxylic acids is 1. The van der Waals surface area contributed by atoms with Crippen molar-refractivity contribution >= 4 is 16.8 Å². The minimum Gasteiger partial charge on any atom is -0.385 e. The molecule has 2 aromatic rings. The first-order valence-electron chi connectivity index (χ1n) is 6.82. The van der Waals surface area contributed by atoms with Crippen LogP contribution in [0.1, 0.15) is 31.2 Å². The van der Waals surface area contributed by atoms with E-state index in [9.17, 15) is 14.7 Å². The van der Waals surface area contributed by atoms with E-state index in [-0.39, 0.29) is 11.5 Å². The number of aryl methyl sites for hydroxylation is 2. The first kappa shape index (κ1) is 13.1. The first-order valence-corrected chi connectivity index (χ1v) is 6.82. The van der Waals surface area contributed by atoms with Crippen molar-refractivity contribution in [1.29, 1.82) is 0 Å². The largest absolute Gasteiger partial charge is 0.385 e. The van der Waals surface area contributed by atoms with Crippen LogP contribution in [0.2, 0.25) is 0 Å². The SMILES string of the molecule is Cn1c(=O)n(C)c2cc(C3(O)CCC(=O)CC3)ccc21. The quantitative estimate of drug-likeness (QED) is 0.850. The van der Waals surface area contributed by atoms with Crippen molar-refractivity contribution in [2.24, 2.45) is 14.1 Å². The van der Waals surface area contributed by atoms with E-state index in [0.717, 1.165) is 16.6 Å². The molecule has 106 valence electrons. The molecule has 1 fully saturated rings. The lowest BCUT2D eigenvalue weighted by atomic mass is 9.79. The molecule has 5 heteroatoms. The van der Waals surface area contributed by atoms with Gasteiger partial charge < -0.3 is 5.11 Å². The number of Topliss-reactive ketones (excluding diaryl/α,β-unsaturated/α-hetero) is 1. The maximum absolute atomic E-state index is 11.9. The van der Waals surface area contributed by atoms with Crippen molar-refractivity contribution in [3.05, 3.63) is 34.2 Å². The molecule has 0 saturated heterocycles. The highest BCUT2D eigenvalue weighted by atomic mass is 16.3. The molecule has 0 spiro atoms. The van der Waals surface area contributed by atoms with Gasteiger partial charge in [-0.25, -0.2) is 4.79 Å². The van der Waals surface area contributed by atoms with Gasteiger partial charge in [0.25, 0.3) is 0 Å². The molecule has 1 aliphatic rings. The molecule has 1 aliphatic carbocycles. The van der Waals surface area contributed by atoms with Gasteiger partial charge in [0.2, 0.25) is 0 Å². The smallest absolute Gasteiger partial charge is 0.328 e. The van der Waals surface area contributed by atoms with Crippen molar-refractivity contribution in [3.63, 3.8) is 0 Å². The maximum atomic E-state index is 11.9. The second-order valence-corrected chi connectivity index (χ2v) is 5.67. The van der Waals surface area contributed by atoms with Crippen molar-refractivity contribution < 1.29 is 9.90 Å². The number of benzene rings is 1. The predicted molar refractivity (Wildman–Crippen MR) is 75.5 cm³/mol. The Morgan fingerprint density at radius 1 is 1.05 bits per heavy atom. The Bertz CT molecular complexity index is 744. The van der Waals surface area contributed by atoms with Crippen LogP contribution >= 0.6 is 0 Å². The summed E-state index contributed by atoms with van der Waals surface area (Å²) in [6, 6.07) is 5.59. The number of imidazole rings is 1. The summed E-state index contributed by atoms with van der Waals surface area (Å²) in [7, 11) is 3.46. The number of hydrogen-bond donors (Lipinski definition) is 1. The lowest BCUT2D eigenvalue weighted by molar-refractivity contribution is -0.125. The van der Waals surface area contributed by atoms with Crippen LogP contribution in [-0.4, -0.2) is 20.0 Å². The Labute approximate surface area is 116 Å². The highest BCUT2D eigenvalue weighted by molar-refractivity contribution is 5.80. The molecule has 0 amide bonds. The van der Waals surface area contributed by atoms with Gasteiger partial charge in [-0.1, -0.05) is 6.07 Å². The molecule has 0 radical (unpaired) electrons. The summed E-state index contributed by atoms with van der Waals surface area (Å²) >= 11 is 0. The number of aromatic nitrogens is 2. The minimum atomic E-state index is -0.950. The molecular weight excluding hydrogens is 256 g/mol. The minimum absolute atomic E-state index is 0.0806. The lowest BCUT2D eigenvalue weighted by Gasteiger charge is -2.32. The summed E-state index contributed by atoms with van der Waals surface area (Å²) in [4.78, 5) is 23.3. The Hall–Kier alpha value is -1.88. The Morgan fingerprint density at radius 2 is 1.65 bits per heavy atom. The topological polar surface area (TPSA) is 64.2 Å².